The lowest BCUT2D eigenvalue weighted by Crippen LogP contribution is -2.43. The monoisotopic (exact) mass is 591 g/mol. The van der Waals surface area contributed by atoms with Crippen molar-refractivity contribution in [1.82, 2.24) is 9.88 Å². The van der Waals surface area contributed by atoms with E-state index in [-0.39, 0.29) is 12.1 Å². The number of anilines is 1. The molecule has 0 bridgehead atoms. The molecule has 1 aromatic heterocycles. The van der Waals surface area contributed by atoms with Crippen molar-refractivity contribution in [3.05, 3.63) is 21.4 Å². The van der Waals surface area contributed by atoms with Gasteiger partial charge >= 0.3 is 5.97 Å². The van der Waals surface area contributed by atoms with Gasteiger partial charge in [-0.25, -0.2) is 4.79 Å². The van der Waals surface area contributed by atoms with Gasteiger partial charge in [0.05, 0.1) is 27.6 Å². The van der Waals surface area contributed by atoms with Gasteiger partial charge in [0, 0.05) is 30.9 Å². The van der Waals surface area contributed by atoms with Gasteiger partial charge in [0.2, 0.25) is 0 Å². The van der Waals surface area contributed by atoms with Crippen molar-refractivity contribution in [2.24, 2.45) is 10.8 Å². The molecule has 0 unspecified atom stereocenters. The van der Waals surface area contributed by atoms with Crippen molar-refractivity contribution in [3.63, 3.8) is 0 Å². The molecule has 2 aliphatic heterocycles. The van der Waals surface area contributed by atoms with Crippen molar-refractivity contribution < 1.29 is 14.3 Å². The summed E-state index contributed by atoms with van der Waals surface area (Å²) in [6, 6.07) is 0. The molecule has 1 aliphatic carbocycles. The van der Waals surface area contributed by atoms with E-state index in [0.29, 0.717) is 10.8 Å². The summed E-state index contributed by atoms with van der Waals surface area (Å²) in [7, 11) is 0. The Balaban J connectivity index is 1.72. The van der Waals surface area contributed by atoms with E-state index in [4.69, 9.17) is 14.5 Å². The Kier molecular flexibility index (Phi) is 8.91. The van der Waals surface area contributed by atoms with E-state index in [0.717, 1.165) is 72.7 Å². The Morgan fingerprint density at radius 3 is 2.13 bits per heavy atom. The van der Waals surface area contributed by atoms with Crippen molar-refractivity contribution in [3.8, 4) is 0 Å². The summed E-state index contributed by atoms with van der Waals surface area (Å²) in [6.07, 6.45) is 7.98. The minimum atomic E-state index is -0.839. The molecule has 0 N–H and O–H groups in total. The van der Waals surface area contributed by atoms with E-state index >= 15 is 0 Å². The number of aromatic nitrogens is 1. The molecule has 0 aromatic carbocycles. The van der Waals surface area contributed by atoms with Crippen LogP contribution in [0.15, 0.2) is 4.47 Å². The van der Waals surface area contributed by atoms with Gasteiger partial charge in [-0.3, -0.25) is 9.88 Å². The van der Waals surface area contributed by atoms with Gasteiger partial charge in [-0.2, -0.15) is 0 Å². The average Bonchev–Trinajstić information content (AvgIpc) is 2.78. The fraction of sp³-hybridized carbons (Fsp3) is 0.806. The van der Waals surface area contributed by atoms with Crippen LogP contribution in [-0.4, -0.2) is 53.7 Å². The second-order valence-electron chi connectivity index (χ2n) is 14.1. The Morgan fingerprint density at radius 2 is 1.63 bits per heavy atom. The van der Waals surface area contributed by atoms with Gasteiger partial charge in [-0.1, -0.05) is 20.3 Å². The first kappa shape index (κ1) is 29.8. The summed E-state index contributed by atoms with van der Waals surface area (Å²) in [5.74, 6) is -0.347. The van der Waals surface area contributed by atoms with Crippen LogP contribution in [0.25, 0.3) is 0 Å². The zero-order chi connectivity index (χ0) is 27.9. The lowest BCUT2D eigenvalue weighted by Gasteiger charge is -2.48. The highest BCUT2D eigenvalue weighted by molar-refractivity contribution is 9.10. The average molecular weight is 593 g/mol. The number of likely N-dealkylation sites (tertiary alicyclic amines) is 1. The molecule has 4 rings (SSSR count). The Bertz CT molecular complexity index is 993. The van der Waals surface area contributed by atoms with E-state index in [1.165, 1.54) is 32.1 Å². The molecule has 2 saturated heterocycles. The Hall–Kier alpha value is -1.18. The van der Waals surface area contributed by atoms with Crippen LogP contribution < -0.4 is 4.90 Å². The van der Waals surface area contributed by atoms with Gasteiger partial charge in [-0.05, 0) is 120 Å². The number of aryl methyl sites for hydroxylation is 1. The summed E-state index contributed by atoms with van der Waals surface area (Å²) in [5.41, 5.74) is 4.23. The molecule has 1 saturated carbocycles. The quantitative estimate of drug-likeness (QED) is 0.309. The predicted molar refractivity (Wildman–Crippen MR) is 158 cm³/mol. The number of esters is 1. The second-order valence-corrected chi connectivity index (χ2v) is 14.9. The number of nitrogens with zero attached hydrogens (tertiary/aromatic N) is 3. The topological polar surface area (TPSA) is 54.9 Å². The highest BCUT2D eigenvalue weighted by atomic mass is 79.9. The maximum atomic E-state index is 13.5. The molecule has 1 aromatic rings. The normalized spacial score (nSPS) is 22.4. The SMILES string of the molecule is Cc1nc(CN2CCC3(CCC3)CC2)c(Br)c(N2CCC(C)(C)CC2)c1[C@H](OC(C)(C)C)C(=O)OC(C)C. The van der Waals surface area contributed by atoms with Crippen LogP contribution in [0.1, 0.15) is 116 Å². The van der Waals surface area contributed by atoms with E-state index in [1.54, 1.807) is 0 Å². The zero-order valence-electron chi connectivity index (χ0n) is 25.1. The summed E-state index contributed by atoms with van der Waals surface area (Å²) < 4.78 is 13.2. The van der Waals surface area contributed by atoms with Gasteiger partial charge in [0.15, 0.2) is 6.10 Å². The van der Waals surface area contributed by atoms with Crippen molar-refractivity contribution in [2.45, 2.75) is 125 Å². The lowest BCUT2D eigenvalue weighted by atomic mass is 9.63. The number of ether oxygens (including phenoxy) is 2. The fourth-order valence-corrected chi connectivity index (χ4v) is 6.93. The number of hydrogen-bond acceptors (Lipinski definition) is 6. The second kappa shape index (κ2) is 11.4. The molecule has 214 valence electrons. The number of carbonyl (C=O) groups is 1. The molecule has 7 heteroatoms. The number of hydrogen-bond donors (Lipinski definition) is 0. The minimum Gasteiger partial charge on any atom is -0.461 e. The smallest absolute Gasteiger partial charge is 0.340 e. The first-order valence-corrected chi connectivity index (χ1v) is 15.5. The molecule has 3 aliphatic rings. The van der Waals surface area contributed by atoms with Crippen molar-refractivity contribution in [1.29, 1.82) is 0 Å². The molecule has 0 amide bonds. The lowest BCUT2D eigenvalue weighted by molar-refractivity contribution is -0.171. The molecular formula is C31H50BrN3O3. The molecule has 3 fully saturated rings. The van der Waals surface area contributed by atoms with Crippen molar-refractivity contribution >= 4 is 27.6 Å². The summed E-state index contributed by atoms with van der Waals surface area (Å²) >= 11 is 4.01. The molecule has 38 heavy (non-hydrogen) atoms. The van der Waals surface area contributed by atoms with Crippen LogP contribution in [0.4, 0.5) is 5.69 Å². The number of halogens is 1. The summed E-state index contributed by atoms with van der Waals surface area (Å²) in [5, 5.41) is 0. The van der Waals surface area contributed by atoms with Gasteiger partial charge in [0.1, 0.15) is 0 Å². The molecular weight excluding hydrogens is 542 g/mol. The van der Waals surface area contributed by atoms with Crippen LogP contribution in [0.5, 0.6) is 0 Å². The highest BCUT2D eigenvalue weighted by Crippen LogP contribution is 2.49. The van der Waals surface area contributed by atoms with Crippen LogP contribution in [0, 0.1) is 17.8 Å². The van der Waals surface area contributed by atoms with E-state index in [2.05, 4.69) is 39.6 Å². The van der Waals surface area contributed by atoms with Crippen LogP contribution in [-0.2, 0) is 20.8 Å². The third-order valence-electron chi connectivity index (χ3n) is 8.85. The summed E-state index contributed by atoms with van der Waals surface area (Å²) in [6.45, 7) is 21.4. The maximum Gasteiger partial charge on any atom is 0.340 e. The maximum absolute atomic E-state index is 13.5. The van der Waals surface area contributed by atoms with Crippen LogP contribution in [0.3, 0.4) is 0 Å². The molecule has 0 radical (unpaired) electrons. The summed E-state index contributed by atoms with van der Waals surface area (Å²) in [4.78, 5) is 23.7. The minimum absolute atomic E-state index is 0.221. The van der Waals surface area contributed by atoms with Crippen LogP contribution in [0.2, 0.25) is 0 Å². The molecule has 6 nitrogen and oxygen atoms in total. The van der Waals surface area contributed by atoms with E-state index < -0.39 is 11.7 Å². The third-order valence-corrected chi connectivity index (χ3v) is 9.68. The molecule has 3 heterocycles. The standard InChI is InChI=1S/C31H50BrN3O3/c1-21(2)37-28(36)27(38-29(4,5)6)24-22(3)33-23(20-34-16-14-31(15-17-34)10-9-11-31)25(32)26(24)35-18-12-30(7,8)13-19-35/h21,27H,9-20H2,1-8H3/t27-/m0/s1. The van der Waals surface area contributed by atoms with Gasteiger partial charge in [0.25, 0.3) is 0 Å². The number of piperidine rings is 2. The Morgan fingerprint density at radius 1 is 1.03 bits per heavy atom. The van der Waals surface area contributed by atoms with Gasteiger partial charge < -0.3 is 14.4 Å². The largest absolute Gasteiger partial charge is 0.461 e. The van der Waals surface area contributed by atoms with E-state index in [9.17, 15) is 4.79 Å². The van der Waals surface area contributed by atoms with Crippen LogP contribution >= 0.6 is 15.9 Å². The fourth-order valence-electron chi connectivity index (χ4n) is 6.25. The third kappa shape index (κ3) is 6.93. The number of rotatable bonds is 7. The first-order chi connectivity index (χ1) is 17.7. The Labute approximate surface area is 239 Å². The van der Waals surface area contributed by atoms with E-state index in [1.807, 2.05) is 41.5 Å². The number of carbonyl (C=O) groups excluding carboxylic acids is 1. The van der Waals surface area contributed by atoms with Gasteiger partial charge in [-0.15, -0.1) is 0 Å². The zero-order valence-corrected chi connectivity index (χ0v) is 26.7. The molecule has 1 spiro atoms. The highest BCUT2D eigenvalue weighted by Gasteiger charge is 2.40. The first-order valence-electron chi connectivity index (χ1n) is 14.7. The predicted octanol–water partition coefficient (Wildman–Crippen LogP) is 7.35. The molecule has 1 atom stereocenters. The number of pyridine rings is 1. The van der Waals surface area contributed by atoms with Crippen molar-refractivity contribution in [2.75, 3.05) is 31.1 Å².